The zero-order valence-electron chi connectivity index (χ0n) is 9.87. The van der Waals surface area contributed by atoms with Gasteiger partial charge in [0.1, 0.15) is 0 Å². The minimum absolute atomic E-state index is 0.0870. The fourth-order valence-corrected chi connectivity index (χ4v) is 2.40. The number of nitrogens with one attached hydrogen (secondary N) is 1. The molecule has 4 heteroatoms. The van der Waals surface area contributed by atoms with Gasteiger partial charge in [0.25, 0.3) is 0 Å². The fraction of sp³-hybridized carbons (Fsp3) is 0.917. The smallest absolute Gasteiger partial charge is 0.317 e. The third-order valence-electron chi connectivity index (χ3n) is 3.86. The second-order valence-electron chi connectivity index (χ2n) is 5.18. The number of hydrogen-bond acceptors (Lipinski definition) is 2. The zero-order valence-corrected chi connectivity index (χ0v) is 9.87. The van der Waals surface area contributed by atoms with Crippen molar-refractivity contribution in [3.8, 4) is 0 Å². The third-order valence-corrected chi connectivity index (χ3v) is 3.86. The standard InChI is InChI=1S/C12H22N2O2/c15-9-6-12(4-5-12)10-13-11(16)14-7-2-1-3-8-14/h15H,1-10H2,(H,13,16). The fourth-order valence-electron chi connectivity index (χ4n) is 2.40. The van der Waals surface area contributed by atoms with Gasteiger partial charge in [0.15, 0.2) is 0 Å². The molecule has 0 atom stereocenters. The first-order chi connectivity index (χ1) is 7.76. The number of amides is 2. The van der Waals surface area contributed by atoms with E-state index in [1.807, 2.05) is 4.90 Å². The largest absolute Gasteiger partial charge is 0.396 e. The van der Waals surface area contributed by atoms with Crippen molar-refractivity contribution >= 4 is 6.03 Å². The number of urea groups is 1. The van der Waals surface area contributed by atoms with E-state index in [4.69, 9.17) is 5.11 Å². The van der Waals surface area contributed by atoms with Gasteiger partial charge in [-0.2, -0.15) is 0 Å². The molecule has 2 rings (SSSR count). The molecule has 0 radical (unpaired) electrons. The van der Waals surface area contributed by atoms with Crippen molar-refractivity contribution in [2.24, 2.45) is 5.41 Å². The highest BCUT2D eigenvalue weighted by molar-refractivity contribution is 5.74. The average Bonchev–Trinajstić information content (AvgIpc) is 3.08. The molecule has 16 heavy (non-hydrogen) atoms. The van der Waals surface area contributed by atoms with Crippen LogP contribution in [0.1, 0.15) is 38.5 Å². The first-order valence-electron chi connectivity index (χ1n) is 6.39. The van der Waals surface area contributed by atoms with Gasteiger partial charge in [0.2, 0.25) is 0 Å². The van der Waals surface area contributed by atoms with E-state index in [-0.39, 0.29) is 18.1 Å². The molecule has 1 heterocycles. The van der Waals surface area contributed by atoms with Crippen molar-refractivity contribution in [2.45, 2.75) is 38.5 Å². The van der Waals surface area contributed by atoms with Gasteiger partial charge in [-0.05, 0) is 43.9 Å². The van der Waals surface area contributed by atoms with Crippen LogP contribution in [-0.2, 0) is 0 Å². The van der Waals surface area contributed by atoms with Crippen LogP contribution in [-0.4, -0.2) is 42.3 Å². The van der Waals surface area contributed by atoms with Gasteiger partial charge < -0.3 is 15.3 Å². The van der Waals surface area contributed by atoms with Gasteiger partial charge in [-0.25, -0.2) is 4.79 Å². The number of nitrogens with zero attached hydrogens (tertiary/aromatic N) is 1. The predicted molar refractivity (Wildman–Crippen MR) is 62.2 cm³/mol. The number of aliphatic hydroxyl groups is 1. The summed E-state index contributed by atoms with van der Waals surface area (Å²) in [5, 5.41) is 11.9. The first kappa shape index (κ1) is 11.7. The molecular formula is C12H22N2O2. The highest BCUT2D eigenvalue weighted by Crippen LogP contribution is 2.47. The number of hydrogen-bond donors (Lipinski definition) is 2. The first-order valence-corrected chi connectivity index (χ1v) is 6.39. The van der Waals surface area contributed by atoms with Crippen LogP contribution in [0.4, 0.5) is 4.79 Å². The molecule has 0 unspecified atom stereocenters. The summed E-state index contributed by atoms with van der Waals surface area (Å²) in [7, 11) is 0. The lowest BCUT2D eigenvalue weighted by molar-refractivity contribution is 0.181. The van der Waals surface area contributed by atoms with Crippen molar-refractivity contribution < 1.29 is 9.90 Å². The van der Waals surface area contributed by atoms with Crippen LogP contribution in [0.25, 0.3) is 0 Å². The van der Waals surface area contributed by atoms with E-state index in [1.165, 1.54) is 6.42 Å². The molecule has 2 amide bonds. The molecule has 0 aromatic heterocycles. The summed E-state index contributed by atoms with van der Waals surface area (Å²) in [5.41, 5.74) is 0.222. The lowest BCUT2D eigenvalue weighted by Gasteiger charge is -2.27. The monoisotopic (exact) mass is 226 g/mol. The molecule has 0 bridgehead atoms. The van der Waals surface area contributed by atoms with Crippen LogP contribution >= 0.6 is 0 Å². The molecule has 2 fully saturated rings. The van der Waals surface area contributed by atoms with E-state index in [9.17, 15) is 4.79 Å². The molecule has 0 spiro atoms. The topological polar surface area (TPSA) is 52.6 Å². The van der Waals surface area contributed by atoms with Crippen LogP contribution in [0.3, 0.4) is 0 Å². The SMILES string of the molecule is O=C(NCC1(CCO)CC1)N1CCCCC1. The Hall–Kier alpha value is -0.770. The Balaban J connectivity index is 1.70. The zero-order chi connectivity index (χ0) is 11.4. The number of carbonyl (C=O) groups is 1. The van der Waals surface area contributed by atoms with E-state index in [0.717, 1.165) is 51.7 Å². The quantitative estimate of drug-likeness (QED) is 0.760. The predicted octanol–water partition coefficient (Wildman–Crippen LogP) is 1.34. The Morgan fingerprint density at radius 1 is 1.25 bits per heavy atom. The molecule has 4 nitrogen and oxygen atoms in total. The highest BCUT2D eigenvalue weighted by Gasteiger charge is 2.42. The maximum absolute atomic E-state index is 11.8. The summed E-state index contributed by atoms with van der Waals surface area (Å²) < 4.78 is 0. The Labute approximate surface area is 97.0 Å². The second kappa shape index (κ2) is 5.04. The molecule has 92 valence electrons. The third kappa shape index (κ3) is 2.88. The van der Waals surface area contributed by atoms with Crippen molar-refractivity contribution in [1.82, 2.24) is 10.2 Å². The summed E-state index contributed by atoms with van der Waals surface area (Å²) in [4.78, 5) is 13.7. The van der Waals surface area contributed by atoms with Gasteiger partial charge in [0, 0.05) is 26.2 Å². The van der Waals surface area contributed by atoms with Crippen molar-refractivity contribution in [3.63, 3.8) is 0 Å². The van der Waals surface area contributed by atoms with E-state index >= 15 is 0 Å². The maximum atomic E-state index is 11.8. The van der Waals surface area contributed by atoms with E-state index in [0.29, 0.717) is 0 Å². The lowest BCUT2D eigenvalue weighted by atomic mass is 10.0. The van der Waals surface area contributed by atoms with Crippen LogP contribution in [0.5, 0.6) is 0 Å². The van der Waals surface area contributed by atoms with E-state index < -0.39 is 0 Å². The van der Waals surface area contributed by atoms with Crippen LogP contribution in [0.15, 0.2) is 0 Å². The Morgan fingerprint density at radius 3 is 2.50 bits per heavy atom. The van der Waals surface area contributed by atoms with Crippen LogP contribution in [0, 0.1) is 5.41 Å². The summed E-state index contributed by atoms with van der Waals surface area (Å²) in [6.07, 6.45) is 6.64. The number of carbonyl (C=O) groups excluding carboxylic acids is 1. The summed E-state index contributed by atoms with van der Waals surface area (Å²) in [5.74, 6) is 0. The minimum Gasteiger partial charge on any atom is -0.396 e. The lowest BCUT2D eigenvalue weighted by Crippen LogP contribution is -2.44. The van der Waals surface area contributed by atoms with Gasteiger partial charge in [-0.1, -0.05) is 0 Å². The van der Waals surface area contributed by atoms with Gasteiger partial charge in [0.05, 0.1) is 0 Å². The van der Waals surface area contributed by atoms with E-state index in [2.05, 4.69) is 5.32 Å². The van der Waals surface area contributed by atoms with Crippen LogP contribution < -0.4 is 5.32 Å². The van der Waals surface area contributed by atoms with Crippen molar-refractivity contribution in [2.75, 3.05) is 26.2 Å². The normalized spacial score (nSPS) is 22.9. The molecule has 1 saturated heterocycles. The molecule has 2 aliphatic rings. The number of likely N-dealkylation sites (tertiary alicyclic amines) is 1. The Morgan fingerprint density at radius 2 is 1.94 bits per heavy atom. The second-order valence-corrected chi connectivity index (χ2v) is 5.18. The number of rotatable bonds is 4. The van der Waals surface area contributed by atoms with Gasteiger partial charge >= 0.3 is 6.03 Å². The van der Waals surface area contributed by atoms with Gasteiger partial charge in [-0.3, -0.25) is 0 Å². The molecule has 1 aliphatic heterocycles. The van der Waals surface area contributed by atoms with Crippen molar-refractivity contribution in [1.29, 1.82) is 0 Å². The number of piperidine rings is 1. The van der Waals surface area contributed by atoms with E-state index in [1.54, 1.807) is 0 Å². The molecule has 1 aliphatic carbocycles. The average molecular weight is 226 g/mol. The number of aliphatic hydroxyl groups excluding tert-OH is 1. The Kier molecular flexibility index (Phi) is 3.69. The molecular weight excluding hydrogens is 204 g/mol. The van der Waals surface area contributed by atoms with Crippen LogP contribution in [0.2, 0.25) is 0 Å². The minimum atomic E-state index is 0.0870. The Bertz CT molecular complexity index is 245. The summed E-state index contributed by atoms with van der Waals surface area (Å²) >= 11 is 0. The molecule has 0 aromatic carbocycles. The summed E-state index contributed by atoms with van der Waals surface area (Å²) in [6, 6.07) is 0.0870. The van der Waals surface area contributed by atoms with Crippen molar-refractivity contribution in [3.05, 3.63) is 0 Å². The summed E-state index contributed by atoms with van der Waals surface area (Å²) in [6.45, 7) is 2.78. The molecule has 0 aromatic rings. The maximum Gasteiger partial charge on any atom is 0.317 e. The van der Waals surface area contributed by atoms with Gasteiger partial charge in [-0.15, -0.1) is 0 Å². The highest BCUT2D eigenvalue weighted by atomic mass is 16.3. The molecule has 1 saturated carbocycles. The molecule has 2 N–H and O–H groups in total.